The first-order valence-corrected chi connectivity index (χ1v) is 11.5. The van der Waals surface area contributed by atoms with Crippen LogP contribution in [0.25, 0.3) is 0 Å². The van der Waals surface area contributed by atoms with E-state index in [9.17, 15) is 13.2 Å². The van der Waals surface area contributed by atoms with Gasteiger partial charge in [-0.3, -0.25) is 4.79 Å². The fourth-order valence-corrected chi connectivity index (χ4v) is 4.99. The highest BCUT2D eigenvalue weighted by Gasteiger charge is 2.25. The number of benzene rings is 2. The number of ether oxygens (including phenoxy) is 2. The Morgan fingerprint density at radius 3 is 2.27 bits per heavy atom. The van der Waals surface area contributed by atoms with Gasteiger partial charge in [0.05, 0.1) is 19.1 Å². The average Bonchev–Trinajstić information content (AvgIpc) is 2.78. The van der Waals surface area contributed by atoms with Gasteiger partial charge in [0.25, 0.3) is 0 Å². The number of anilines is 1. The molecule has 1 heterocycles. The van der Waals surface area contributed by atoms with Crippen LogP contribution in [0.3, 0.4) is 0 Å². The maximum absolute atomic E-state index is 12.7. The molecule has 2 aromatic rings. The predicted molar refractivity (Wildman–Crippen MR) is 116 cm³/mol. The van der Waals surface area contributed by atoms with Crippen molar-refractivity contribution in [2.24, 2.45) is 0 Å². The van der Waals surface area contributed by atoms with Crippen LogP contribution < -0.4 is 14.8 Å². The van der Waals surface area contributed by atoms with Crippen LogP contribution in [-0.2, 0) is 21.2 Å². The Morgan fingerprint density at radius 1 is 0.967 bits per heavy atom. The first-order valence-electron chi connectivity index (χ1n) is 10.0. The second kappa shape index (κ2) is 9.95. The van der Waals surface area contributed by atoms with Gasteiger partial charge in [-0.05, 0) is 49.1 Å². The summed E-state index contributed by atoms with van der Waals surface area (Å²) in [4.78, 5) is 12.6. The van der Waals surface area contributed by atoms with E-state index in [1.54, 1.807) is 61.0 Å². The summed E-state index contributed by atoms with van der Waals surface area (Å²) in [7, 11) is -0.336. The summed E-state index contributed by atoms with van der Waals surface area (Å²) in [6, 6.07) is 12.0. The molecule has 8 heteroatoms. The van der Waals surface area contributed by atoms with E-state index in [4.69, 9.17) is 9.47 Å². The molecule has 1 amide bonds. The lowest BCUT2D eigenvalue weighted by atomic mass is 10.1. The monoisotopic (exact) mass is 432 g/mol. The Kier molecular flexibility index (Phi) is 7.33. The molecular formula is C22H28N2O5S. The van der Waals surface area contributed by atoms with Crippen molar-refractivity contribution in [2.45, 2.75) is 37.0 Å². The zero-order valence-corrected chi connectivity index (χ0v) is 18.2. The first-order chi connectivity index (χ1) is 14.4. The van der Waals surface area contributed by atoms with Gasteiger partial charge in [0.2, 0.25) is 15.9 Å². The summed E-state index contributed by atoms with van der Waals surface area (Å²) in [5, 5.41) is 2.84. The van der Waals surface area contributed by atoms with Crippen LogP contribution in [0.1, 0.15) is 31.2 Å². The normalized spacial score (nSPS) is 14.9. The molecule has 0 spiro atoms. The van der Waals surface area contributed by atoms with Crippen LogP contribution >= 0.6 is 0 Å². The summed E-state index contributed by atoms with van der Waals surface area (Å²) in [5.74, 6) is 1.00. The van der Waals surface area contributed by atoms with Crippen LogP contribution in [0.2, 0.25) is 0 Å². The number of piperidine rings is 1. The molecule has 1 aliphatic heterocycles. The van der Waals surface area contributed by atoms with Crippen LogP contribution in [-0.4, -0.2) is 45.9 Å². The molecule has 0 unspecified atom stereocenters. The summed E-state index contributed by atoms with van der Waals surface area (Å²) < 4.78 is 37.4. The van der Waals surface area contributed by atoms with Crippen molar-refractivity contribution in [1.29, 1.82) is 0 Å². The topological polar surface area (TPSA) is 84.9 Å². The number of hydrogen-bond acceptors (Lipinski definition) is 5. The molecule has 0 atom stereocenters. The van der Waals surface area contributed by atoms with E-state index in [0.717, 1.165) is 24.8 Å². The third-order valence-electron chi connectivity index (χ3n) is 5.18. The number of hydrogen-bond donors (Lipinski definition) is 1. The molecule has 1 N–H and O–H groups in total. The molecule has 0 radical (unpaired) electrons. The number of aryl methyl sites for hydroxylation is 1. The van der Waals surface area contributed by atoms with Crippen molar-refractivity contribution in [3.05, 3.63) is 48.0 Å². The number of rotatable bonds is 8. The van der Waals surface area contributed by atoms with Gasteiger partial charge in [0.15, 0.2) is 11.5 Å². The number of nitrogens with zero attached hydrogens (tertiary/aromatic N) is 1. The minimum Gasteiger partial charge on any atom is -0.493 e. The van der Waals surface area contributed by atoms with Gasteiger partial charge >= 0.3 is 0 Å². The predicted octanol–water partition coefficient (Wildman–Crippen LogP) is 3.45. The van der Waals surface area contributed by atoms with Crippen molar-refractivity contribution < 1.29 is 22.7 Å². The number of amides is 1. The number of nitrogens with one attached hydrogen (secondary N) is 1. The Morgan fingerprint density at radius 2 is 1.63 bits per heavy atom. The van der Waals surface area contributed by atoms with Gasteiger partial charge in [0, 0.05) is 31.3 Å². The number of sulfonamides is 1. The lowest BCUT2D eigenvalue weighted by Gasteiger charge is -2.25. The Bertz CT molecular complexity index is 968. The Labute approximate surface area is 178 Å². The highest BCUT2D eigenvalue weighted by atomic mass is 32.2. The molecule has 30 heavy (non-hydrogen) atoms. The maximum Gasteiger partial charge on any atom is 0.243 e. The summed E-state index contributed by atoms with van der Waals surface area (Å²) >= 11 is 0. The van der Waals surface area contributed by atoms with Crippen molar-refractivity contribution in [1.82, 2.24) is 4.31 Å². The van der Waals surface area contributed by atoms with Gasteiger partial charge in [-0.2, -0.15) is 4.31 Å². The SMILES string of the molecule is COc1ccc(NC(=O)CCc2ccc(S(=O)(=O)N3CCCCC3)cc2)cc1OC. The Hall–Kier alpha value is -2.58. The number of carbonyl (C=O) groups excluding carboxylic acids is 1. The molecule has 2 aromatic carbocycles. The summed E-state index contributed by atoms with van der Waals surface area (Å²) in [5.41, 5.74) is 1.54. The van der Waals surface area contributed by atoms with Crippen molar-refractivity contribution in [2.75, 3.05) is 32.6 Å². The minimum absolute atomic E-state index is 0.132. The Balaban J connectivity index is 1.56. The largest absolute Gasteiger partial charge is 0.493 e. The van der Waals surface area contributed by atoms with Crippen LogP contribution in [0.15, 0.2) is 47.4 Å². The molecule has 0 aromatic heterocycles. The smallest absolute Gasteiger partial charge is 0.243 e. The fraction of sp³-hybridized carbons (Fsp3) is 0.409. The highest BCUT2D eigenvalue weighted by Crippen LogP contribution is 2.29. The molecule has 1 fully saturated rings. The van der Waals surface area contributed by atoms with Crippen molar-refractivity contribution in [3.63, 3.8) is 0 Å². The molecule has 1 aliphatic rings. The van der Waals surface area contributed by atoms with Gasteiger partial charge in [-0.25, -0.2) is 8.42 Å². The average molecular weight is 433 g/mol. The molecule has 1 saturated heterocycles. The number of methoxy groups -OCH3 is 2. The lowest BCUT2D eigenvalue weighted by molar-refractivity contribution is -0.116. The first kappa shape index (κ1) is 22.1. The number of carbonyl (C=O) groups is 1. The van der Waals surface area contributed by atoms with E-state index in [2.05, 4.69) is 5.32 Å². The minimum atomic E-state index is -3.43. The zero-order valence-electron chi connectivity index (χ0n) is 17.4. The van der Waals surface area contributed by atoms with E-state index in [-0.39, 0.29) is 12.3 Å². The summed E-state index contributed by atoms with van der Waals surface area (Å²) in [6.45, 7) is 1.17. The second-order valence-corrected chi connectivity index (χ2v) is 9.16. The molecule has 0 aliphatic carbocycles. The quantitative estimate of drug-likeness (QED) is 0.691. The highest BCUT2D eigenvalue weighted by molar-refractivity contribution is 7.89. The molecular weight excluding hydrogens is 404 g/mol. The van der Waals surface area contributed by atoms with Gasteiger partial charge in [0.1, 0.15) is 0 Å². The van der Waals surface area contributed by atoms with E-state index in [1.165, 1.54) is 0 Å². The van der Waals surface area contributed by atoms with Gasteiger partial charge in [-0.15, -0.1) is 0 Å². The maximum atomic E-state index is 12.7. The van der Waals surface area contributed by atoms with E-state index >= 15 is 0 Å². The zero-order chi connectivity index (χ0) is 21.6. The van der Waals surface area contributed by atoms with Crippen LogP contribution in [0.4, 0.5) is 5.69 Å². The third-order valence-corrected chi connectivity index (χ3v) is 7.10. The van der Waals surface area contributed by atoms with Gasteiger partial charge in [-0.1, -0.05) is 18.6 Å². The second-order valence-electron chi connectivity index (χ2n) is 7.23. The third kappa shape index (κ3) is 5.31. The molecule has 3 rings (SSSR count). The van der Waals surface area contributed by atoms with E-state index < -0.39 is 10.0 Å². The van der Waals surface area contributed by atoms with Gasteiger partial charge < -0.3 is 14.8 Å². The van der Waals surface area contributed by atoms with Crippen molar-refractivity contribution >= 4 is 21.6 Å². The van der Waals surface area contributed by atoms with Crippen LogP contribution in [0.5, 0.6) is 11.5 Å². The molecule has 0 bridgehead atoms. The molecule has 162 valence electrons. The molecule has 0 saturated carbocycles. The summed E-state index contributed by atoms with van der Waals surface area (Å²) in [6.07, 6.45) is 3.70. The van der Waals surface area contributed by atoms with E-state index in [1.807, 2.05) is 0 Å². The van der Waals surface area contributed by atoms with Crippen molar-refractivity contribution in [3.8, 4) is 11.5 Å². The van der Waals surface area contributed by atoms with E-state index in [0.29, 0.717) is 41.6 Å². The lowest BCUT2D eigenvalue weighted by Crippen LogP contribution is -2.35. The van der Waals surface area contributed by atoms with Crippen LogP contribution in [0, 0.1) is 0 Å². The molecule has 7 nitrogen and oxygen atoms in total. The standard InChI is InChI=1S/C22H28N2O5S/c1-28-20-12-9-18(16-21(20)29-2)23-22(25)13-8-17-6-10-19(11-7-17)30(26,27)24-14-4-3-5-15-24/h6-7,9-12,16H,3-5,8,13-15H2,1-2H3,(H,23,25). The fourth-order valence-electron chi connectivity index (χ4n) is 3.48.